The molecule has 0 aliphatic heterocycles. The zero-order valence-corrected chi connectivity index (χ0v) is 11.0. The second-order valence-electron chi connectivity index (χ2n) is 3.50. The fourth-order valence-electron chi connectivity index (χ4n) is 1.44. The first-order chi connectivity index (χ1) is 8.29. The van der Waals surface area contributed by atoms with E-state index < -0.39 is 0 Å². The minimum absolute atomic E-state index is 0.475. The fourth-order valence-corrected chi connectivity index (χ4v) is 2.06. The molecule has 0 radical (unpaired) electrons. The van der Waals surface area contributed by atoms with Gasteiger partial charge in [0, 0.05) is 6.20 Å². The van der Waals surface area contributed by atoms with Crippen LogP contribution in [0.1, 0.15) is 11.5 Å². The predicted octanol–water partition coefficient (Wildman–Crippen LogP) is 3.80. The van der Waals surface area contributed by atoms with E-state index in [0.717, 1.165) is 23.0 Å². The normalized spacial score (nSPS) is 10.5. The van der Waals surface area contributed by atoms with Crippen molar-refractivity contribution in [1.82, 2.24) is 4.98 Å². The van der Waals surface area contributed by atoms with Gasteiger partial charge in [0.1, 0.15) is 11.5 Å². The number of anilines is 1. The molecule has 1 N–H and O–H groups in total. The number of thioether (sulfide) groups is 1. The molecule has 0 spiro atoms. The van der Waals surface area contributed by atoms with Crippen molar-refractivity contribution in [3.8, 4) is 0 Å². The summed E-state index contributed by atoms with van der Waals surface area (Å²) in [4.78, 5) is 4.00. The summed E-state index contributed by atoms with van der Waals surface area (Å²) in [6, 6.07) is 7.71. The Balaban J connectivity index is 1.95. The van der Waals surface area contributed by atoms with Gasteiger partial charge in [-0.1, -0.05) is 11.6 Å². The lowest BCUT2D eigenvalue weighted by Gasteiger charge is -2.05. The van der Waals surface area contributed by atoms with Gasteiger partial charge in [0.2, 0.25) is 0 Å². The van der Waals surface area contributed by atoms with E-state index in [0.29, 0.717) is 11.7 Å². The Kier molecular flexibility index (Phi) is 4.34. The lowest BCUT2D eigenvalue weighted by molar-refractivity contribution is 0.487. The van der Waals surface area contributed by atoms with Gasteiger partial charge in [-0.2, -0.15) is 11.8 Å². The van der Waals surface area contributed by atoms with E-state index in [4.69, 9.17) is 16.0 Å². The summed E-state index contributed by atoms with van der Waals surface area (Å²) in [6.07, 6.45) is 3.72. The van der Waals surface area contributed by atoms with Crippen LogP contribution in [0.4, 0.5) is 5.69 Å². The molecule has 0 fully saturated rings. The Morgan fingerprint density at radius 3 is 2.94 bits per heavy atom. The number of aromatic nitrogens is 1. The molecule has 0 saturated carbocycles. The summed E-state index contributed by atoms with van der Waals surface area (Å²) >= 11 is 7.68. The van der Waals surface area contributed by atoms with Crippen LogP contribution in [-0.2, 0) is 12.3 Å². The summed E-state index contributed by atoms with van der Waals surface area (Å²) in [5, 5.41) is 3.67. The SMILES string of the molecule is CSCc1ccc(CNc2cccnc2Cl)o1. The van der Waals surface area contributed by atoms with Crippen LogP contribution in [0.25, 0.3) is 0 Å². The topological polar surface area (TPSA) is 38.1 Å². The third kappa shape index (κ3) is 3.41. The average Bonchev–Trinajstić information content (AvgIpc) is 2.76. The maximum atomic E-state index is 5.94. The molecule has 3 nitrogen and oxygen atoms in total. The maximum absolute atomic E-state index is 5.94. The Labute approximate surface area is 110 Å². The van der Waals surface area contributed by atoms with Crippen molar-refractivity contribution in [3.63, 3.8) is 0 Å². The molecule has 0 bridgehead atoms. The summed E-state index contributed by atoms with van der Waals surface area (Å²) in [5.41, 5.74) is 0.817. The van der Waals surface area contributed by atoms with Crippen molar-refractivity contribution in [2.75, 3.05) is 11.6 Å². The van der Waals surface area contributed by atoms with Crippen LogP contribution in [0.15, 0.2) is 34.9 Å². The molecule has 2 aromatic heterocycles. The Morgan fingerprint density at radius 1 is 1.35 bits per heavy atom. The molecule has 0 aromatic carbocycles. The van der Waals surface area contributed by atoms with E-state index in [1.165, 1.54) is 0 Å². The maximum Gasteiger partial charge on any atom is 0.152 e. The lowest BCUT2D eigenvalue weighted by Crippen LogP contribution is -1.99. The first kappa shape index (κ1) is 12.3. The largest absolute Gasteiger partial charge is 0.463 e. The van der Waals surface area contributed by atoms with E-state index in [1.54, 1.807) is 18.0 Å². The van der Waals surface area contributed by atoms with Gasteiger partial charge >= 0.3 is 0 Å². The molecule has 0 unspecified atom stereocenters. The number of furan rings is 1. The lowest BCUT2D eigenvalue weighted by atomic mass is 10.4. The van der Waals surface area contributed by atoms with Crippen molar-refractivity contribution in [3.05, 3.63) is 47.1 Å². The highest BCUT2D eigenvalue weighted by Gasteiger charge is 2.03. The van der Waals surface area contributed by atoms with E-state index >= 15 is 0 Å². The average molecular weight is 269 g/mol. The number of pyridine rings is 1. The van der Waals surface area contributed by atoms with E-state index in [9.17, 15) is 0 Å². The van der Waals surface area contributed by atoms with Crippen LogP contribution in [0.5, 0.6) is 0 Å². The summed E-state index contributed by atoms with van der Waals surface area (Å²) in [6.45, 7) is 0.611. The van der Waals surface area contributed by atoms with Crippen LogP contribution in [0.2, 0.25) is 5.15 Å². The third-order valence-corrected chi connectivity index (χ3v) is 3.09. The Bertz CT molecular complexity index is 487. The molecule has 0 atom stereocenters. The minimum atomic E-state index is 0.475. The summed E-state index contributed by atoms with van der Waals surface area (Å²) < 4.78 is 5.64. The highest BCUT2D eigenvalue weighted by atomic mass is 35.5. The second-order valence-corrected chi connectivity index (χ2v) is 4.72. The van der Waals surface area contributed by atoms with Crippen LogP contribution in [-0.4, -0.2) is 11.2 Å². The minimum Gasteiger partial charge on any atom is -0.463 e. The summed E-state index contributed by atoms with van der Waals surface area (Å²) in [7, 11) is 0. The summed E-state index contributed by atoms with van der Waals surface area (Å²) in [5.74, 6) is 2.79. The fraction of sp³-hybridized carbons (Fsp3) is 0.250. The highest BCUT2D eigenvalue weighted by molar-refractivity contribution is 7.97. The van der Waals surface area contributed by atoms with Gasteiger partial charge in [-0.3, -0.25) is 0 Å². The third-order valence-electron chi connectivity index (χ3n) is 2.22. The molecule has 2 rings (SSSR count). The molecule has 0 aliphatic rings. The van der Waals surface area contributed by atoms with Gasteiger partial charge in [-0.05, 0) is 30.5 Å². The number of nitrogens with zero attached hydrogens (tertiary/aromatic N) is 1. The second kappa shape index (κ2) is 5.98. The number of rotatable bonds is 5. The molecule has 0 amide bonds. The molecule has 2 heterocycles. The monoisotopic (exact) mass is 268 g/mol. The van der Waals surface area contributed by atoms with Gasteiger partial charge in [0.05, 0.1) is 18.0 Å². The molecule has 17 heavy (non-hydrogen) atoms. The van der Waals surface area contributed by atoms with Crippen molar-refractivity contribution in [2.24, 2.45) is 0 Å². The molecule has 90 valence electrons. The van der Waals surface area contributed by atoms with E-state index in [1.807, 2.05) is 24.3 Å². The zero-order valence-electron chi connectivity index (χ0n) is 9.44. The van der Waals surface area contributed by atoms with Gasteiger partial charge < -0.3 is 9.73 Å². The van der Waals surface area contributed by atoms with E-state index in [2.05, 4.69) is 16.6 Å². The van der Waals surface area contributed by atoms with Crippen molar-refractivity contribution >= 4 is 29.1 Å². The zero-order chi connectivity index (χ0) is 12.1. The van der Waals surface area contributed by atoms with Gasteiger partial charge in [0.15, 0.2) is 5.15 Å². The number of nitrogens with one attached hydrogen (secondary N) is 1. The number of hydrogen-bond donors (Lipinski definition) is 1. The van der Waals surface area contributed by atoms with Gasteiger partial charge in [-0.25, -0.2) is 4.98 Å². The van der Waals surface area contributed by atoms with Crippen LogP contribution >= 0.6 is 23.4 Å². The predicted molar refractivity (Wildman–Crippen MR) is 72.5 cm³/mol. The van der Waals surface area contributed by atoms with Crippen molar-refractivity contribution < 1.29 is 4.42 Å². The molecule has 5 heteroatoms. The standard InChI is InChI=1S/C12H13ClN2OS/c1-17-8-10-5-4-9(16-10)7-15-11-3-2-6-14-12(11)13/h2-6,15H,7-8H2,1H3. The van der Waals surface area contributed by atoms with Crippen molar-refractivity contribution in [1.29, 1.82) is 0 Å². The Hall–Kier alpha value is -1.13. The van der Waals surface area contributed by atoms with Gasteiger partial charge in [0.25, 0.3) is 0 Å². The van der Waals surface area contributed by atoms with Crippen LogP contribution < -0.4 is 5.32 Å². The van der Waals surface area contributed by atoms with Gasteiger partial charge in [-0.15, -0.1) is 0 Å². The highest BCUT2D eigenvalue weighted by Crippen LogP contribution is 2.19. The van der Waals surface area contributed by atoms with Crippen molar-refractivity contribution in [2.45, 2.75) is 12.3 Å². The smallest absolute Gasteiger partial charge is 0.152 e. The quantitative estimate of drug-likeness (QED) is 0.837. The molecule has 0 aliphatic carbocycles. The number of hydrogen-bond acceptors (Lipinski definition) is 4. The first-order valence-corrected chi connectivity index (χ1v) is 6.97. The molecular formula is C12H13ClN2OS. The Morgan fingerprint density at radius 2 is 2.18 bits per heavy atom. The van der Waals surface area contributed by atoms with Crippen LogP contribution in [0.3, 0.4) is 0 Å². The molecular weight excluding hydrogens is 256 g/mol. The van der Waals surface area contributed by atoms with E-state index in [-0.39, 0.29) is 0 Å². The van der Waals surface area contributed by atoms with Crippen LogP contribution in [0, 0.1) is 0 Å². The molecule has 0 saturated heterocycles. The molecule has 2 aromatic rings. The number of halogens is 1. The first-order valence-electron chi connectivity index (χ1n) is 5.20.